The van der Waals surface area contributed by atoms with E-state index in [1.807, 2.05) is 0 Å². The number of hydrogen-bond donors (Lipinski definition) is 0. The number of halogens is 3. The summed E-state index contributed by atoms with van der Waals surface area (Å²) in [4.78, 5) is 20.8. The zero-order valence-electron chi connectivity index (χ0n) is 9.38. The van der Waals surface area contributed by atoms with Crippen LogP contribution in [0.15, 0.2) is 6.07 Å². The number of anilines is 1. The van der Waals surface area contributed by atoms with Crippen molar-refractivity contribution in [3.8, 4) is 0 Å². The maximum atomic E-state index is 11.8. The molecule has 1 aliphatic heterocycles. The smallest absolute Gasteiger partial charge is 0.234 e. The van der Waals surface area contributed by atoms with E-state index in [9.17, 15) is 13.2 Å². The highest BCUT2D eigenvalue weighted by atomic mass is 35.7. The molecule has 104 valence electrons. The normalized spacial score (nSPS) is 20.1. The van der Waals surface area contributed by atoms with Crippen LogP contribution in [-0.2, 0) is 13.8 Å². The fourth-order valence-corrected chi connectivity index (χ4v) is 3.60. The lowest BCUT2D eigenvalue weighted by Gasteiger charge is -2.14. The van der Waals surface area contributed by atoms with Gasteiger partial charge in [0.25, 0.3) is 0 Å². The third kappa shape index (κ3) is 3.92. The van der Waals surface area contributed by atoms with Crippen molar-refractivity contribution in [2.24, 2.45) is 5.92 Å². The summed E-state index contributed by atoms with van der Waals surface area (Å²) >= 11 is 11.5. The van der Waals surface area contributed by atoms with Crippen LogP contribution < -0.4 is 4.90 Å². The largest absolute Gasteiger partial charge is 0.280 e. The SMILES string of the molecule is O=C1CC(CS(=O)(=O)Cl)CN1c1nc(Cl)cc(Cl)n1. The molecule has 1 atom stereocenters. The highest BCUT2D eigenvalue weighted by Crippen LogP contribution is 2.26. The van der Waals surface area contributed by atoms with Crippen molar-refractivity contribution < 1.29 is 13.2 Å². The number of hydrogen-bond acceptors (Lipinski definition) is 5. The molecule has 0 saturated carbocycles. The van der Waals surface area contributed by atoms with E-state index in [2.05, 4.69) is 9.97 Å². The van der Waals surface area contributed by atoms with Crippen molar-refractivity contribution in [3.05, 3.63) is 16.4 Å². The van der Waals surface area contributed by atoms with Gasteiger partial charge in [0.2, 0.25) is 20.9 Å². The van der Waals surface area contributed by atoms with E-state index in [0.29, 0.717) is 0 Å². The first-order chi connectivity index (χ1) is 8.74. The van der Waals surface area contributed by atoms with Gasteiger partial charge in [-0.15, -0.1) is 0 Å². The Kier molecular flexibility index (Phi) is 4.20. The Morgan fingerprint density at radius 3 is 2.42 bits per heavy atom. The van der Waals surface area contributed by atoms with Crippen molar-refractivity contribution in [2.75, 3.05) is 17.2 Å². The summed E-state index contributed by atoms with van der Waals surface area (Å²) in [7, 11) is 1.52. The Morgan fingerprint density at radius 1 is 1.32 bits per heavy atom. The standard InChI is InChI=1S/C9H8Cl3N3O3S/c10-6-2-7(11)14-9(13-6)15-3-5(1-8(15)16)4-19(12,17)18/h2,5H,1,3-4H2. The van der Waals surface area contributed by atoms with Crippen LogP contribution in [0.2, 0.25) is 10.3 Å². The van der Waals surface area contributed by atoms with Gasteiger partial charge in [-0.25, -0.2) is 18.4 Å². The molecule has 1 aromatic heterocycles. The monoisotopic (exact) mass is 343 g/mol. The molecule has 0 aliphatic carbocycles. The number of amides is 1. The van der Waals surface area contributed by atoms with Gasteiger partial charge >= 0.3 is 0 Å². The highest BCUT2D eigenvalue weighted by Gasteiger charge is 2.34. The number of carbonyl (C=O) groups is 1. The molecule has 1 fully saturated rings. The van der Waals surface area contributed by atoms with Crippen molar-refractivity contribution in [3.63, 3.8) is 0 Å². The maximum absolute atomic E-state index is 11.8. The third-order valence-electron chi connectivity index (χ3n) is 2.53. The Balaban J connectivity index is 2.20. The maximum Gasteiger partial charge on any atom is 0.234 e. The Hall–Kier alpha value is -0.630. The molecule has 1 saturated heterocycles. The molecule has 1 aliphatic rings. The Morgan fingerprint density at radius 2 is 1.89 bits per heavy atom. The second-order valence-electron chi connectivity index (χ2n) is 4.09. The van der Waals surface area contributed by atoms with Crippen LogP contribution in [0, 0.1) is 5.92 Å². The predicted octanol–water partition coefficient (Wildman–Crippen LogP) is 1.70. The molecule has 19 heavy (non-hydrogen) atoms. The predicted molar refractivity (Wildman–Crippen MR) is 72.2 cm³/mol. The Labute approximate surface area is 124 Å². The summed E-state index contributed by atoms with van der Waals surface area (Å²) in [6.45, 7) is 0.168. The molecule has 0 bridgehead atoms. The molecule has 0 N–H and O–H groups in total. The highest BCUT2D eigenvalue weighted by molar-refractivity contribution is 8.13. The van der Waals surface area contributed by atoms with E-state index in [1.165, 1.54) is 11.0 Å². The number of carbonyl (C=O) groups excluding carboxylic acids is 1. The minimum Gasteiger partial charge on any atom is -0.280 e. The van der Waals surface area contributed by atoms with Crippen LogP contribution >= 0.6 is 33.9 Å². The van der Waals surface area contributed by atoms with Crippen LogP contribution in [-0.4, -0.2) is 36.6 Å². The number of rotatable bonds is 3. The fraction of sp³-hybridized carbons (Fsp3) is 0.444. The molecule has 10 heteroatoms. The van der Waals surface area contributed by atoms with E-state index < -0.39 is 15.0 Å². The van der Waals surface area contributed by atoms with Crippen LogP contribution in [0.5, 0.6) is 0 Å². The van der Waals surface area contributed by atoms with Crippen molar-refractivity contribution >= 4 is 54.8 Å². The number of aromatic nitrogens is 2. The summed E-state index contributed by atoms with van der Waals surface area (Å²) in [6.07, 6.45) is 0.0689. The minimum absolute atomic E-state index is 0.0666. The first-order valence-electron chi connectivity index (χ1n) is 5.17. The van der Waals surface area contributed by atoms with Crippen molar-refractivity contribution in [2.45, 2.75) is 6.42 Å². The molecule has 1 amide bonds. The average Bonchev–Trinajstić information content (AvgIpc) is 2.54. The van der Waals surface area contributed by atoms with E-state index in [-0.39, 0.29) is 40.9 Å². The summed E-state index contributed by atoms with van der Waals surface area (Å²) in [5, 5.41) is 0.215. The first kappa shape index (κ1) is 14.8. The van der Waals surface area contributed by atoms with Gasteiger partial charge in [-0.3, -0.25) is 9.69 Å². The summed E-state index contributed by atoms with van der Waals surface area (Å²) in [5.41, 5.74) is 0. The molecular weight excluding hydrogens is 337 g/mol. The van der Waals surface area contributed by atoms with Crippen LogP contribution in [0.4, 0.5) is 5.95 Å². The molecular formula is C9H8Cl3N3O3S. The quantitative estimate of drug-likeness (QED) is 0.616. The zero-order chi connectivity index (χ0) is 14.2. The molecule has 2 heterocycles. The van der Waals surface area contributed by atoms with E-state index in [4.69, 9.17) is 33.9 Å². The lowest BCUT2D eigenvalue weighted by Crippen LogP contribution is -2.27. The Bertz CT molecular complexity index is 602. The fourth-order valence-electron chi connectivity index (χ4n) is 1.87. The number of nitrogens with zero attached hydrogens (tertiary/aromatic N) is 3. The van der Waals surface area contributed by atoms with Crippen LogP contribution in [0.25, 0.3) is 0 Å². The average molecular weight is 345 g/mol. The van der Waals surface area contributed by atoms with Gasteiger partial charge < -0.3 is 0 Å². The third-order valence-corrected chi connectivity index (χ3v) is 4.17. The zero-order valence-corrected chi connectivity index (χ0v) is 12.5. The van der Waals surface area contributed by atoms with E-state index in [0.717, 1.165) is 0 Å². The first-order valence-corrected chi connectivity index (χ1v) is 8.41. The molecule has 2 rings (SSSR count). The van der Waals surface area contributed by atoms with Crippen LogP contribution in [0.1, 0.15) is 6.42 Å². The molecule has 1 aromatic rings. The van der Waals surface area contributed by atoms with Gasteiger partial charge in [0, 0.05) is 35.6 Å². The topological polar surface area (TPSA) is 80.2 Å². The van der Waals surface area contributed by atoms with Crippen LogP contribution in [0.3, 0.4) is 0 Å². The summed E-state index contributed by atoms with van der Waals surface area (Å²) < 4.78 is 22.0. The van der Waals surface area contributed by atoms with Gasteiger partial charge in [0.1, 0.15) is 10.3 Å². The van der Waals surface area contributed by atoms with Gasteiger partial charge in [0.05, 0.1) is 5.75 Å². The van der Waals surface area contributed by atoms with E-state index in [1.54, 1.807) is 0 Å². The van der Waals surface area contributed by atoms with Gasteiger partial charge in [-0.2, -0.15) is 0 Å². The molecule has 0 radical (unpaired) electrons. The molecule has 1 unspecified atom stereocenters. The minimum atomic E-state index is -3.65. The summed E-state index contributed by atoms with van der Waals surface area (Å²) in [6, 6.07) is 1.34. The van der Waals surface area contributed by atoms with Gasteiger partial charge in [-0.05, 0) is 0 Å². The molecule has 0 aromatic carbocycles. The van der Waals surface area contributed by atoms with Gasteiger partial charge in [-0.1, -0.05) is 23.2 Å². The lowest BCUT2D eigenvalue weighted by molar-refractivity contribution is -0.117. The summed E-state index contributed by atoms with van der Waals surface area (Å²) in [5.74, 6) is -0.887. The van der Waals surface area contributed by atoms with Crippen molar-refractivity contribution in [1.29, 1.82) is 0 Å². The molecule has 0 spiro atoms. The lowest BCUT2D eigenvalue weighted by atomic mass is 10.1. The molecule has 6 nitrogen and oxygen atoms in total. The second-order valence-corrected chi connectivity index (χ2v) is 7.69. The van der Waals surface area contributed by atoms with Crippen molar-refractivity contribution in [1.82, 2.24) is 9.97 Å². The van der Waals surface area contributed by atoms with Gasteiger partial charge in [0.15, 0.2) is 0 Å². The second kappa shape index (κ2) is 5.40. The van der Waals surface area contributed by atoms with E-state index >= 15 is 0 Å².